The summed E-state index contributed by atoms with van der Waals surface area (Å²) < 4.78 is 0. The van der Waals surface area contributed by atoms with Crippen LogP contribution < -0.4 is 5.73 Å². The van der Waals surface area contributed by atoms with Gasteiger partial charge in [0, 0.05) is 17.5 Å². The Balaban J connectivity index is 2.14. The van der Waals surface area contributed by atoms with E-state index in [1.807, 2.05) is 0 Å². The lowest BCUT2D eigenvalue weighted by Gasteiger charge is -2.06. The van der Waals surface area contributed by atoms with E-state index in [1.165, 1.54) is 37.1 Å². The highest BCUT2D eigenvalue weighted by atomic mass is 14.9. The van der Waals surface area contributed by atoms with Crippen LogP contribution in [0.25, 0.3) is 0 Å². The van der Waals surface area contributed by atoms with E-state index in [1.54, 1.807) is 0 Å². The first kappa shape index (κ1) is 11.6. The number of rotatable bonds is 4. The van der Waals surface area contributed by atoms with E-state index in [9.17, 15) is 0 Å². The van der Waals surface area contributed by atoms with E-state index in [-0.39, 0.29) is 0 Å². The van der Waals surface area contributed by atoms with Gasteiger partial charge in [-0.25, -0.2) is 4.98 Å². The second kappa shape index (κ2) is 5.00. The molecule has 0 radical (unpaired) electrons. The van der Waals surface area contributed by atoms with Crippen molar-refractivity contribution in [3.63, 3.8) is 0 Å². The maximum Gasteiger partial charge on any atom is 0.109 e. The molecule has 1 aliphatic carbocycles. The van der Waals surface area contributed by atoms with Crippen LogP contribution in [0.5, 0.6) is 0 Å². The van der Waals surface area contributed by atoms with Crippen LogP contribution in [0.1, 0.15) is 68.1 Å². The average molecular weight is 221 g/mol. The lowest BCUT2D eigenvalue weighted by Crippen LogP contribution is -2.06. The molecule has 0 amide bonds. The van der Waals surface area contributed by atoms with Gasteiger partial charge in [0.1, 0.15) is 5.82 Å². The van der Waals surface area contributed by atoms with Crippen LogP contribution in [0.2, 0.25) is 0 Å². The Morgan fingerprint density at radius 2 is 2.12 bits per heavy atom. The van der Waals surface area contributed by atoms with Crippen molar-refractivity contribution in [2.75, 3.05) is 6.54 Å². The standard InChI is InChI=1S/C13H23N3/c1-9(7-8-14)13-15-10(2)12(16-13)11-5-3-4-6-11/h9,11H,3-8,14H2,1-2H3,(H,15,16). The summed E-state index contributed by atoms with van der Waals surface area (Å²) in [6.07, 6.45) is 6.37. The Hall–Kier alpha value is -0.830. The van der Waals surface area contributed by atoms with Crippen molar-refractivity contribution >= 4 is 0 Å². The fraction of sp³-hybridized carbons (Fsp3) is 0.769. The zero-order valence-corrected chi connectivity index (χ0v) is 10.4. The molecular weight excluding hydrogens is 198 g/mol. The highest BCUT2D eigenvalue weighted by Gasteiger charge is 2.22. The third-order valence-electron chi connectivity index (χ3n) is 3.75. The Bertz CT molecular complexity index is 337. The Morgan fingerprint density at radius 1 is 1.44 bits per heavy atom. The van der Waals surface area contributed by atoms with Gasteiger partial charge in [-0.15, -0.1) is 0 Å². The van der Waals surface area contributed by atoms with Crippen LogP contribution >= 0.6 is 0 Å². The molecule has 1 saturated carbocycles. The summed E-state index contributed by atoms with van der Waals surface area (Å²) >= 11 is 0. The van der Waals surface area contributed by atoms with Crippen LogP contribution in [0.4, 0.5) is 0 Å². The van der Waals surface area contributed by atoms with Gasteiger partial charge >= 0.3 is 0 Å². The number of imidazole rings is 1. The third-order valence-corrected chi connectivity index (χ3v) is 3.75. The summed E-state index contributed by atoms with van der Waals surface area (Å²) in [4.78, 5) is 8.24. The van der Waals surface area contributed by atoms with Crippen LogP contribution in [0, 0.1) is 6.92 Å². The van der Waals surface area contributed by atoms with Gasteiger partial charge in [-0.1, -0.05) is 19.8 Å². The minimum absolute atomic E-state index is 0.457. The molecule has 3 heteroatoms. The van der Waals surface area contributed by atoms with Crippen LogP contribution in [-0.4, -0.2) is 16.5 Å². The summed E-state index contributed by atoms with van der Waals surface area (Å²) in [5, 5.41) is 0. The van der Waals surface area contributed by atoms with Gasteiger partial charge < -0.3 is 10.7 Å². The second-order valence-corrected chi connectivity index (χ2v) is 5.09. The molecule has 1 atom stereocenters. The topological polar surface area (TPSA) is 54.7 Å². The van der Waals surface area contributed by atoms with E-state index in [2.05, 4.69) is 18.8 Å². The first-order valence-electron chi connectivity index (χ1n) is 6.48. The van der Waals surface area contributed by atoms with Crippen LogP contribution in [0.3, 0.4) is 0 Å². The van der Waals surface area contributed by atoms with Crippen LogP contribution in [-0.2, 0) is 0 Å². The van der Waals surface area contributed by atoms with E-state index >= 15 is 0 Å². The van der Waals surface area contributed by atoms with E-state index in [4.69, 9.17) is 10.7 Å². The number of aryl methyl sites for hydroxylation is 1. The summed E-state index contributed by atoms with van der Waals surface area (Å²) in [5.74, 6) is 2.29. The van der Waals surface area contributed by atoms with E-state index in [0.29, 0.717) is 11.8 Å². The number of nitrogens with zero attached hydrogens (tertiary/aromatic N) is 1. The van der Waals surface area contributed by atoms with Gasteiger partial charge in [-0.05, 0) is 32.7 Å². The molecule has 0 spiro atoms. The molecule has 1 aromatic rings. The van der Waals surface area contributed by atoms with Gasteiger partial charge in [0.2, 0.25) is 0 Å². The number of nitrogens with one attached hydrogen (secondary N) is 1. The fourth-order valence-electron chi connectivity index (χ4n) is 2.71. The minimum atomic E-state index is 0.457. The SMILES string of the molecule is Cc1[nH]c(C(C)CCN)nc1C1CCCC1. The molecule has 90 valence electrons. The molecule has 1 heterocycles. The summed E-state index contributed by atoms with van der Waals surface area (Å²) in [7, 11) is 0. The highest BCUT2D eigenvalue weighted by Crippen LogP contribution is 2.35. The first-order chi connectivity index (χ1) is 7.72. The van der Waals surface area contributed by atoms with Crippen LogP contribution in [0.15, 0.2) is 0 Å². The molecular formula is C13H23N3. The van der Waals surface area contributed by atoms with Gasteiger partial charge in [0.15, 0.2) is 0 Å². The maximum atomic E-state index is 5.59. The first-order valence-corrected chi connectivity index (χ1v) is 6.48. The predicted octanol–water partition coefficient (Wildman–Crippen LogP) is 2.83. The number of H-pyrrole nitrogens is 1. The number of aromatic amines is 1. The minimum Gasteiger partial charge on any atom is -0.346 e. The average Bonchev–Trinajstić information content (AvgIpc) is 2.86. The highest BCUT2D eigenvalue weighted by molar-refractivity contribution is 5.20. The largest absolute Gasteiger partial charge is 0.346 e. The monoisotopic (exact) mass is 221 g/mol. The number of hydrogen-bond acceptors (Lipinski definition) is 2. The predicted molar refractivity (Wildman–Crippen MR) is 66.6 cm³/mol. The lowest BCUT2D eigenvalue weighted by atomic mass is 10.0. The molecule has 0 saturated heterocycles. The molecule has 16 heavy (non-hydrogen) atoms. The number of hydrogen-bond donors (Lipinski definition) is 2. The summed E-state index contributed by atoms with van der Waals surface area (Å²) in [6.45, 7) is 5.09. The maximum absolute atomic E-state index is 5.59. The van der Waals surface area contributed by atoms with Crippen molar-refractivity contribution in [3.8, 4) is 0 Å². The quantitative estimate of drug-likeness (QED) is 0.821. The summed E-state index contributed by atoms with van der Waals surface area (Å²) in [6, 6.07) is 0. The lowest BCUT2D eigenvalue weighted by molar-refractivity contribution is 0.644. The third kappa shape index (κ3) is 2.29. The Kier molecular flexibility index (Phi) is 3.64. The summed E-state index contributed by atoms with van der Waals surface area (Å²) in [5.41, 5.74) is 8.18. The van der Waals surface area contributed by atoms with Crippen molar-refractivity contribution in [3.05, 3.63) is 17.2 Å². The van der Waals surface area contributed by atoms with Crippen molar-refractivity contribution in [1.29, 1.82) is 0 Å². The Morgan fingerprint density at radius 3 is 2.75 bits per heavy atom. The molecule has 0 aliphatic heterocycles. The van der Waals surface area contributed by atoms with Crippen molar-refractivity contribution in [2.45, 2.75) is 57.8 Å². The molecule has 1 aromatic heterocycles. The molecule has 0 bridgehead atoms. The van der Waals surface area contributed by atoms with Gasteiger partial charge in [-0.2, -0.15) is 0 Å². The normalized spacial score (nSPS) is 19.2. The van der Waals surface area contributed by atoms with Crippen molar-refractivity contribution in [2.24, 2.45) is 5.73 Å². The van der Waals surface area contributed by atoms with Gasteiger partial charge in [0.05, 0.1) is 5.69 Å². The number of nitrogens with two attached hydrogens (primary N) is 1. The van der Waals surface area contributed by atoms with E-state index in [0.717, 1.165) is 18.8 Å². The molecule has 3 nitrogen and oxygen atoms in total. The van der Waals surface area contributed by atoms with Gasteiger partial charge in [-0.3, -0.25) is 0 Å². The second-order valence-electron chi connectivity index (χ2n) is 5.09. The fourth-order valence-corrected chi connectivity index (χ4v) is 2.71. The molecule has 2 rings (SSSR count). The molecule has 1 fully saturated rings. The van der Waals surface area contributed by atoms with Gasteiger partial charge in [0.25, 0.3) is 0 Å². The Labute approximate surface area is 97.8 Å². The van der Waals surface area contributed by atoms with Crippen molar-refractivity contribution < 1.29 is 0 Å². The molecule has 3 N–H and O–H groups in total. The smallest absolute Gasteiger partial charge is 0.109 e. The van der Waals surface area contributed by atoms with Crippen molar-refractivity contribution in [1.82, 2.24) is 9.97 Å². The zero-order valence-electron chi connectivity index (χ0n) is 10.4. The molecule has 0 aromatic carbocycles. The molecule has 1 unspecified atom stereocenters. The van der Waals surface area contributed by atoms with E-state index < -0.39 is 0 Å². The molecule has 1 aliphatic rings. The zero-order chi connectivity index (χ0) is 11.5. The number of aromatic nitrogens is 2.